The maximum absolute atomic E-state index is 14.0. The third kappa shape index (κ3) is 3.04. The lowest BCUT2D eigenvalue weighted by Gasteiger charge is -2.23. The van der Waals surface area contributed by atoms with Gasteiger partial charge in [0.05, 0.1) is 11.8 Å². The molecule has 4 nitrogen and oxygen atoms in total. The fraction of sp³-hybridized carbons (Fsp3) is 0.500. The highest BCUT2D eigenvalue weighted by atomic mass is 19.1. The van der Waals surface area contributed by atoms with Crippen molar-refractivity contribution in [2.45, 2.75) is 38.8 Å². The lowest BCUT2D eigenvalue weighted by atomic mass is 10.0. The monoisotopic (exact) mass is 266 g/mol. The van der Waals surface area contributed by atoms with Gasteiger partial charge in [-0.3, -0.25) is 4.79 Å². The van der Waals surface area contributed by atoms with E-state index in [4.69, 9.17) is 4.74 Å². The smallest absolute Gasteiger partial charge is 0.224 e. The molecule has 2 rings (SSSR count). The second-order valence-electron chi connectivity index (χ2n) is 4.91. The maximum Gasteiger partial charge on any atom is 0.224 e. The van der Waals surface area contributed by atoms with Crippen LogP contribution in [0.2, 0.25) is 0 Å². The van der Waals surface area contributed by atoms with Gasteiger partial charge in [0.25, 0.3) is 0 Å². The molecule has 2 unspecified atom stereocenters. The molecule has 1 aromatic carbocycles. The van der Waals surface area contributed by atoms with Gasteiger partial charge in [0, 0.05) is 25.3 Å². The third-order valence-electron chi connectivity index (χ3n) is 3.55. The van der Waals surface area contributed by atoms with E-state index in [1.54, 1.807) is 13.2 Å². The van der Waals surface area contributed by atoms with Gasteiger partial charge in [-0.1, -0.05) is 0 Å². The highest BCUT2D eigenvalue weighted by Gasteiger charge is 2.19. The number of methoxy groups -OCH3 is 1. The molecule has 2 N–H and O–H groups in total. The molecule has 2 atom stereocenters. The number of carbonyl (C=O) groups is 1. The SMILES string of the molecule is COC(C)C(C)Nc1cc2c(cc1F)CCC(=O)N2. The van der Waals surface area contributed by atoms with Crippen LogP contribution in [0.25, 0.3) is 0 Å². The van der Waals surface area contributed by atoms with Gasteiger partial charge < -0.3 is 15.4 Å². The predicted molar refractivity (Wildman–Crippen MR) is 72.9 cm³/mol. The van der Waals surface area contributed by atoms with E-state index < -0.39 is 0 Å². The molecule has 0 spiro atoms. The van der Waals surface area contributed by atoms with Crippen LogP contribution in [0.4, 0.5) is 15.8 Å². The molecule has 19 heavy (non-hydrogen) atoms. The minimum Gasteiger partial charge on any atom is -0.380 e. The van der Waals surface area contributed by atoms with Crippen LogP contribution in [0.3, 0.4) is 0 Å². The lowest BCUT2D eigenvalue weighted by Crippen LogP contribution is -2.30. The summed E-state index contributed by atoms with van der Waals surface area (Å²) in [6, 6.07) is 3.11. The Morgan fingerprint density at radius 2 is 2.11 bits per heavy atom. The summed E-state index contributed by atoms with van der Waals surface area (Å²) >= 11 is 0. The van der Waals surface area contributed by atoms with E-state index in [2.05, 4.69) is 10.6 Å². The average Bonchev–Trinajstić information content (AvgIpc) is 2.39. The van der Waals surface area contributed by atoms with Crippen molar-refractivity contribution in [3.8, 4) is 0 Å². The van der Waals surface area contributed by atoms with Crippen molar-refractivity contribution < 1.29 is 13.9 Å². The first-order valence-electron chi connectivity index (χ1n) is 6.43. The molecule has 0 radical (unpaired) electrons. The number of nitrogens with one attached hydrogen (secondary N) is 2. The number of halogens is 1. The highest BCUT2D eigenvalue weighted by molar-refractivity contribution is 5.94. The minimum atomic E-state index is -0.301. The first-order chi connectivity index (χ1) is 9.01. The van der Waals surface area contributed by atoms with Gasteiger partial charge in [-0.15, -0.1) is 0 Å². The third-order valence-corrected chi connectivity index (χ3v) is 3.55. The first kappa shape index (κ1) is 13.8. The highest BCUT2D eigenvalue weighted by Crippen LogP contribution is 2.29. The van der Waals surface area contributed by atoms with Crippen LogP contribution >= 0.6 is 0 Å². The van der Waals surface area contributed by atoms with Crippen LogP contribution in [0, 0.1) is 5.82 Å². The molecular formula is C14H19FN2O2. The summed E-state index contributed by atoms with van der Waals surface area (Å²) in [5.74, 6) is -0.326. The summed E-state index contributed by atoms with van der Waals surface area (Å²) in [6.45, 7) is 3.83. The number of carbonyl (C=O) groups excluding carboxylic acids is 1. The van der Waals surface area contributed by atoms with Crippen molar-refractivity contribution in [2.75, 3.05) is 17.7 Å². The number of anilines is 2. The quantitative estimate of drug-likeness (QED) is 0.880. The Morgan fingerprint density at radius 1 is 1.37 bits per heavy atom. The molecule has 0 saturated carbocycles. The number of hydrogen-bond donors (Lipinski definition) is 2. The Labute approximate surface area is 112 Å². The Bertz CT molecular complexity index is 491. The van der Waals surface area contributed by atoms with Gasteiger partial charge in [0.15, 0.2) is 0 Å². The van der Waals surface area contributed by atoms with Crippen molar-refractivity contribution in [3.63, 3.8) is 0 Å². The fourth-order valence-electron chi connectivity index (χ4n) is 2.08. The zero-order valence-electron chi connectivity index (χ0n) is 11.4. The Hall–Kier alpha value is -1.62. The van der Waals surface area contributed by atoms with E-state index in [0.717, 1.165) is 5.56 Å². The number of rotatable bonds is 4. The predicted octanol–water partition coefficient (Wildman–Crippen LogP) is 2.55. The second kappa shape index (κ2) is 5.57. The summed E-state index contributed by atoms with van der Waals surface area (Å²) in [7, 11) is 1.62. The Balaban J connectivity index is 2.22. The Kier molecular flexibility index (Phi) is 4.04. The molecule has 0 aromatic heterocycles. The van der Waals surface area contributed by atoms with E-state index in [9.17, 15) is 9.18 Å². The lowest BCUT2D eigenvalue weighted by molar-refractivity contribution is -0.116. The number of amides is 1. The van der Waals surface area contributed by atoms with E-state index in [1.807, 2.05) is 13.8 Å². The van der Waals surface area contributed by atoms with Gasteiger partial charge in [-0.05, 0) is 38.0 Å². The topological polar surface area (TPSA) is 50.4 Å². The molecule has 1 amide bonds. The minimum absolute atomic E-state index is 0.0247. The van der Waals surface area contributed by atoms with Crippen LogP contribution in [0.15, 0.2) is 12.1 Å². The van der Waals surface area contributed by atoms with Crippen LogP contribution in [-0.2, 0) is 16.0 Å². The number of aryl methyl sites for hydroxylation is 1. The van der Waals surface area contributed by atoms with Crippen LogP contribution in [0.5, 0.6) is 0 Å². The first-order valence-corrected chi connectivity index (χ1v) is 6.43. The molecule has 5 heteroatoms. The molecular weight excluding hydrogens is 247 g/mol. The summed E-state index contributed by atoms with van der Waals surface area (Å²) in [5, 5.41) is 5.84. The van der Waals surface area contributed by atoms with Gasteiger partial charge >= 0.3 is 0 Å². The van der Waals surface area contributed by atoms with Crippen molar-refractivity contribution in [3.05, 3.63) is 23.5 Å². The molecule has 0 fully saturated rings. The number of hydrogen-bond acceptors (Lipinski definition) is 3. The zero-order valence-corrected chi connectivity index (χ0v) is 11.4. The molecule has 1 aliphatic heterocycles. The molecule has 1 heterocycles. The van der Waals surface area contributed by atoms with E-state index in [0.29, 0.717) is 24.2 Å². The van der Waals surface area contributed by atoms with Gasteiger partial charge in [-0.25, -0.2) is 4.39 Å². The molecule has 0 bridgehead atoms. The second-order valence-corrected chi connectivity index (χ2v) is 4.91. The molecule has 104 valence electrons. The summed E-state index contributed by atoms with van der Waals surface area (Å²) in [4.78, 5) is 11.4. The van der Waals surface area contributed by atoms with E-state index in [-0.39, 0.29) is 23.9 Å². The number of ether oxygens (including phenoxy) is 1. The Morgan fingerprint density at radius 3 is 2.79 bits per heavy atom. The number of fused-ring (bicyclic) bond motifs is 1. The summed E-state index contributed by atoms with van der Waals surface area (Å²) in [6.07, 6.45) is 0.962. The van der Waals surface area contributed by atoms with E-state index >= 15 is 0 Å². The summed E-state index contributed by atoms with van der Waals surface area (Å²) < 4.78 is 19.2. The van der Waals surface area contributed by atoms with Crippen LogP contribution < -0.4 is 10.6 Å². The average molecular weight is 266 g/mol. The van der Waals surface area contributed by atoms with Gasteiger partial charge in [0.1, 0.15) is 5.82 Å². The molecule has 0 aliphatic carbocycles. The molecule has 1 aliphatic rings. The van der Waals surface area contributed by atoms with Crippen molar-refractivity contribution in [1.29, 1.82) is 0 Å². The van der Waals surface area contributed by atoms with Crippen LogP contribution in [-0.4, -0.2) is 25.2 Å². The fourth-order valence-corrected chi connectivity index (χ4v) is 2.08. The van der Waals surface area contributed by atoms with Crippen LogP contribution in [0.1, 0.15) is 25.8 Å². The van der Waals surface area contributed by atoms with Crippen molar-refractivity contribution in [1.82, 2.24) is 0 Å². The van der Waals surface area contributed by atoms with Crippen molar-refractivity contribution in [2.24, 2.45) is 0 Å². The van der Waals surface area contributed by atoms with Gasteiger partial charge in [-0.2, -0.15) is 0 Å². The molecule has 1 aromatic rings. The standard InChI is InChI=1S/C14H19FN2O2/c1-8(9(2)19-3)16-13-7-12-10(6-11(13)15)4-5-14(18)17-12/h6-9,16H,4-5H2,1-3H3,(H,17,18). The van der Waals surface area contributed by atoms with Gasteiger partial charge in [0.2, 0.25) is 5.91 Å². The number of benzene rings is 1. The zero-order chi connectivity index (χ0) is 14.0. The molecule has 0 saturated heterocycles. The van der Waals surface area contributed by atoms with E-state index in [1.165, 1.54) is 6.07 Å². The normalized spacial score (nSPS) is 17.4. The van der Waals surface area contributed by atoms with Crippen molar-refractivity contribution >= 4 is 17.3 Å². The summed E-state index contributed by atoms with van der Waals surface area (Å²) in [5.41, 5.74) is 1.92. The maximum atomic E-state index is 14.0. The largest absolute Gasteiger partial charge is 0.380 e.